The maximum absolute atomic E-state index is 9.60. The van der Waals surface area contributed by atoms with E-state index < -0.39 is 12.2 Å². The molecule has 2 atom stereocenters. The molecule has 0 saturated carbocycles. The number of pyridine rings is 1. The van der Waals surface area contributed by atoms with Crippen molar-refractivity contribution < 1.29 is 10.2 Å². The molecule has 0 bridgehead atoms. The number of hydrogen-bond donors (Lipinski definition) is 2. The Kier molecular flexibility index (Phi) is 4.51. The Morgan fingerprint density at radius 2 is 2.27 bits per heavy atom. The van der Waals surface area contributed by atoms with Crippen LogP contribution < -0.4 is 0 Å². The smallest absolute Gasteiger partial charge is 0.122 e. The Labute approximate surface area is 94.3 Å². The molecule has 0 aliphatic carbocycles. The third-order valence-electron chi connectivity index (χ3n) is 1.75. The summed E-state index contributed by atoms with van der Waals surface area (Å²) in [5.74, 6) is 0. The van der Waals surface area contributed by atoms with Crippen LogP contribution in [-0.2, 0) is 0 Å². The lowest BCUT2D eigenvalue weighted by Gasteiger charge is -2.14. The van der Waals surface area contributed by atoms with E-state index in [1.807, 2.05) is 0 Å². The highest BCUT2D eigenvalue weighted by Gasteiger charge is 2.18. The Morgan fingerprint density at radius 1 is 1.53 bits per heavy atom. The quantitative estimate of drug-likeness (QED) is 0.494. The first-order chi connectivity index (χ1) is 7.15. The van der Waals surface area contributed by atoms with Crippen molar-refractivity contribution in [3.63, 3.8) is 0 Å². The van der Waals surface area contributed by atoms with E-state index in [2.05, 4.69) is 30.9 Å². The summed E-state index contributed by atoms with van der Waals surface area (Å²) in [5, 5.41) is 22.2. The zero-order valence-electron chi connectivity index (χ0n) is 7.66. The number of aliphatic hydroxyl groups is 2. The summed E-state index contributed by atoms with van der Waals surface area (Å²) >= 11 is 3.20. The van der Waals surface area contributed by atoms with Gasteiger partial charge in [-0.3, -0.25) is 4.98 Å². The third-order valence-corrected chi connectivity index (χ3v) is 2.22. The molecule has 1 rings (SSSR count). The fraction of sp³-hybridized carbons (Fsp3) is 0.375. The van der Waals surface area contributed by atoms with Crippen molar-refractivity contribution in [3.05, 3.63) is 38.9 Å². The highest BCUT2D eigenvalue weighted by molar-refractivity contribution is 9.10. The largest absolute Gasteiger partial charge is 0.390 e. The van der Waals surface area contributed by atoms with E-state index >= 15 is 0 Å². The van der Waals surface area contributed by atoms with Gasteiger partial charge in [-0.2, -0.15) is 0 Å². The maximum atomic E-state index is 9.60. The SMILES string of the molecule is [N-]=[N+]=NCC(O)C(O)c1ccc(Br)cn1. The lowest BCUT2D eigenvalue weighted by atomic mass is 10.1. The Hall–Kier alpha value is -1.14. The van der Waals surface area contributed by atoms with Gasteiger partial charge in [0.2, 0.25) is 0 Å². The Morgan fingerprint density at radius 3 is 2.80 bits per heavy atom. The molecule has 0 aliphatic rings. The van der Waals surface area contributed by atoms with Gasteiger partial charge in [0.15, 0.2) is 0 Å². The number of azide groups is 1. The van der Waals surface area contributed by atoms with Crippen molar-refractivity contribution in [2.24, 2.45) is 5.11 Å². The molecule has 7 heteroatoms. The molecule has 0 aliphatic heterocycles. The first-order valence-corrected chi connectivity index (χ1v) is 4.93. The van der Waals surface area contributed by atoms with Crippen molar-refractivity contribution in [1.82, 2.24) is 4.98 Å². The van der Waals surface area contributed by atoms with E-state index in [1.54, 1.807) is 12.1 Å². The molecule has 0 spiro atoms. The fourth-order valence-corrected chi connectivity index (χ4v) is 1.21. The number of nitrogens with zero attached hydrogens (tertiary/aromatic N) is 4. The monoisotopic (exact) mass is 272 g/mol. The molecule has 1 heterocycles. The zero-order chi connectivity index (χ0) is 11.3. The first-order valence-electron chi connectivity index (χ1n) is 4.13. The van der Waals surface area contributed by atoms with Crippen LogP contribution in [0.25, 0.3) is 10.4 Å². The molecule has 1 aromatic heterocycles. The van der Waals surface area contributed by atoms with Gasteiger partial charge in [0, 0.05) is 15.6 Å². The van der Waals surface area contributed by atoms with Gasteiger partial charge in [0.25, 0.3) is 0 Å². The molecule has 0 amide bonds. The van der Waals surface area contributed by atoms with Crippen LogP contribution in [0.2, 0.25) is 0 Å². The first kappa shape index (κ1) is 11.9. The second kappa shape index (κ2) is 5.67. The number of halogens is 1. The van der Waals surface area contributed by atoms with Gasteiger partial charge in [-0.1, -0.05) is 5.11 Å². The Balaban J connectivity index is 2.70. The summed E-state index contributed by atoms with van der Waals surface area (Å²) in [6.45, 7) is -0.185. The molecule has 15 heavy (non-hydrogen) atoms. The van der Waals surface area contributed by atoms with E-state index in [4.69, 9.17) is 5.53 Å². The molecule has 6 nitrogen and oxygen atoms in total. The summed E-state index contributed by atoms with van der Waals surface area (Å²) in [5.41, 5.74) is 8.38. The topological polar surface area (TPSA) is 102 Å². The number of hydrogen-bond acceptors (Lipinski definition) is 4. The van der Waals surface area contributed by atoms with Crippen molar-refractivity contribution in [2.75, 3.05) is 6.54 Å². The molecule has 0 saturated heterocycles. The van der Waals surface area contributed by atoms with Crippen LogP contribution in [0.5, 0.6) is 0 Å². The summed E-state index contributed by atoms with van der Waals surface area (Å²) in [6.07, 6.45) is -0.781. The Bertz CT molecular complexity index is 363. The summed E-state index contributed by atoms with van der Waals surface area (Å²) < 4.78 is 0.781. The standard InChI is InChI=1S/C8H9BrN4O2/c9-5-1-2-6(11-3-5)8(15)7(14)4-12-13-10/h1-3,7-8,14-15H,4H2. The second-order valence-corrected chi connectivity index (χ2v) is 3.74. The van der Waals surface area contributed by atoms with Crippen LogP contribution in [0, 0.1) is 0 Å². The van der Waals surface area contributed by atoms with E-state index in [9.17, 15) is 10.2 Å². The lowest BCUT2D eigenvalue weighted by molar-refractivity contribution is 0.0218. The number of aliphatic hydroxyl groups excluding tert-OH is 2. The summed E-state index contributed by atoms with van der Waals surface area (Å²) in [7, 11) is 0. The molecular weight excluding hydrogens is 264 g/mol. The van der Waals surface area contributed by atoms with Crippen molar-refractivity contribution in [3.8, 4) is 0 Å². The molecule has 1 aromatic rings. The highest BCUT2D eigenvalue weighted by Crippen LogP contribution is 2.17. The van der Waals surface area contributed by atoms with Crippen LogP contribution in [0.15, 0.2) is 27.9 Å². The van der Waals surface area contributed by atoms with Gasteiger partial charge < -0.3 is 10.2 Å². The minimum Gasteiger partial charge on any atom is -0.390 e. The van der Waals surface area contributed by atoms with Crippen LogP contribution in [0.4, 0.5) is 0 Å². The second-order valence-electron chi connectivity index (χ2n) is 2.83. The van der Waals surface area contributed by atoms with E-state index in [0.29, 0.717) is 5.69 Å². The molecule has 0 aromatic carbocycles. The van der Waals surface area contributed by atoms with Gasteiger partial charge in [0.05, 0.1) is 18.3 Å². The van der Waals surface area contributed by atoms with Gasteiger partial charge in [-0.25, -0.2) is 0 Å². The summed E-state index contributed by atoms with van der Waals surface area (Å²) in [6, 6.07) is 3.28. The van der Waals surface area contributed by atoms with E-state index in [1.165, 1.54) is 6.20 Å². The molecule has 2 N–H and O–H groups in total. The molecule has 2 unspecified atom stereocenters. The van der Waals surface area contributed by atoms with E-state index in [0.717, 1.165) is 4.47 Å². The summed E-state index contributed by atoms with van der Waals surface area (Å²) in [4.78, 5) is 6.41. The average Bonchev–Trinajstić information content (AvgIpc) is 2.26. The highest BCUT2D eigenvalue weighted by atomic mass is 79.9. The predicted octanol–water partition coefficient (Wildman–Crippen LogP) is 1.55. The van der Waals surface area contributed by atoms with Gasteiger partial charge >= 0.3 is 0 Å². The molecule has 0 fully saturated rings. The zero-order valence-corrected chi connectivity index (χ0v) is 9.24. The third kappa shape index (κ3) is 3.49. The van der Waals surface area contributed by atoms with Crippen molar-refractivity contribution in [2.45, 2.75) is 12.2 Å². The minimum absolute atomic E-state index is 0.185. The maximum Gasteiger partial charge on any atom is 0.122 e. The van der Waals surface area contributed by atoms with E-state index in [-0.39, 0.29) is 6.54 Å². The van der Waals surface area contributed by atoms with Crippen LogP contribution in [0.3, 0.4) is 0 Å². The molecule has 80 valence electrons. The van der Waals surface area contributed by atoms with Crippen LogP contribution >= 0.6 is 15.9 Å². The number of rotatable bonds is 4. The normalized spacial score (nSPS) is 14.1. The fourth-order valence-electron chi connectivity index (χ4n) is 0.979. The van der Waals surface area contributed by atoms with Crippen LogP contribution in [0.1, 0.15) is 11.8 Å². The number of aromatic nitrogens is 1. The predicted molar refractivity (Wildman–Crippen MR) is 56.9 cm³/mol. The average molecular weight is 273 g/mol. The van der Waals surface area contributed by atoms with Gasteiger partial charge in [0.1, 0.15) is 6.10 Å². The van der Waals surface area contributed by atoms with Gasteiger partial charge in [-0.15, -0.1) is 0 Å². The van der Waals surface area contributed by atoms with Crippen molar-refractivity contribution >= 4 is 15.9 Å². The van der Waals surface area contributed by atoms with Crippen molar-refractivity contribution in [1.29, 1.82) is 0 Å². The van der Waals surface area contributed by atoms with Crippen LogP contribution in [-0.4, -0.2) is 27.8 Å². The lowest BCUT2D eigenvalue weighted by Crippen LogP contribution is -2.21. The molecular formula is C8H9BrN4O2. The minimum atomic E-state index is -1.15. The molecule has 0 radical (unpaired) electrons. The van der Waals surface area contributed by atoms with Gasteiger partial charge in [-0.05, 0) is 33.6 Å².